The fourth-order valence-corrected chi connectivity index (χ4v) is 5.45. The van der Waals surface area contributed by atoms with Gasteiger partial charge in [-0.05, 0) is 50.3 Å². The van der Waals surface area contributed by atoms with Crippen LogP contribution in [0, 0.1) is 6.92 Å². The van der Waals surface area contributed by atoms with Gasteiger partial charge in [0.15, 0.2) is 5.52 Å². The smallest absolute Gasteiger partial charge is 0.332 e. The van der Waals surface area contributed by atoms with Crippen molar-refractivity contribution in [2.24, 2.45) is 14.1 Å². The summed E-state index contributed by atoms with van der Waals surface area (Å²) in [7, 11) is 4.74. The van der Waals surface area contributed by atoms with Crippen molar-refractivity contribution >= 4 is 28.1 Å². The number of nitrogens with zero attached hydrogens (tertiary/aromatic N) is 6. The van der Waals surface area contributed by atoms with E-state index in [1.54, 1.807) is 23.6 Å². The number of fused-ring (bicyclic) bond motifs is 2. The lowest BCUT2D eigenvalue weighted by molar-refractivity contribution is -0.136. The van der Waals surface area contributed by atoms with Gasteiger partial charge in [0.1, 0.15) is 11.5 Å². The van der Waals surface area contributed by atoms with Crippen LogP contribution >= 0.6 is 0 Å². The lowest BCUT2D eigenvalue weighted by Gasteiger charge is -2.40. The summed E-state index contributed by atoms with van der Waals surface area (Å²) in [6.45, 7) is 1.91. The molecule has 0 aliphatic heterocycles. The molecule has 1 aromatic carbocycles. The van der Waals surface area contributed by atoms with Gasteiger partial charge in [0.2, 0.25) is 5.91 Å². The Hall–Kier alpha value is -3.73. The quantitative estimate of drug-likeness (QED) is 0.429. The number of imidazole rings is 2. The molecule has 11 nitrogen and oxygen atoms in total. The fourth-order valence-electron chi connectivity index (χ4n) is 5.45. The highest BCUT2D eigenvalue weighted by Crippen LogP contribution is 2.33. The van der Waals surface area contributed by atoms with Crippen molar-refractivity contribution in [3.05, 3.63) is 56.8 Å². The number of carbonyl (C=O) groups excluding carboxylic acids is 1. The summed E-state index contributed by atoms with van der Waals surface area (Å²) < 4.78 is 4.12. The van der Waals surface area contributed by atoms with Crippen LogP contribution in [0.5, 0.6) is 0 Å². The SMILES string of the molecule is Cc1nc2ccc(CCC(=O)N(C)[C@@H]3CCC[C@@H](n4cnc5c(=O)n(C)c(=O)n(C)c54)[C@@H]3O)cc2[nH]1. The van der Waals surface area contributed by atoms with E-state index in [1.165, 1.54) is 17.9 Å². The monoisotopic (exact) mass is 493 g/mol. The fraction of sp³-hybridized carbons (Fsp3) is 0.480. The van der Waals surface area contributed by atoms with E-state index < -0.39 is 23.4 Å². The predicted octanol–water partition coefficient (Wildman–Crippen LogP) is 1.16. The second kappa shape index (κ2) is 9.05. The number of aliphatic hydroxyl groups excluding tert-OH is 1. The largest absolute Gasteiger partial charge is 0.389 e. The van der Waals surface area contributed by atoms with Gasteiger partial charge in [-0.1, -0.05) is 6.07 Å². The molecule has 0 unspecified atom stereocenters. The molecule has 0 saturated heterocycles. The number of aryl methyl sites for hydroxylation is 3. The topological polar surface area (TPSA) is 131 Å². The third kappa shape index (κ3) is 3.93. The first kappa shape index (κ1) is 24.0. The van der Waals surface area contributed by atoms with Crippen molar-refractivity contribution in [2.75, 3.05) is 7.05 Å². The minimum absolute atomic E-state index is 0.0441. The van der Waals surface area contributed by atoms with Crippen LogP contribution in [-0.2, 0) is 25.3 Å². The summed E-state index contributed by atoms with van der Waals surface area (Å²) in [5.41, 5.74) is 2.54. The van der Waals surface area contributed by atoms with Gasteiger partial charge in [0.25, 0.3) is 5.56 Å². The number of likely N-dealkylation sites (N-methyl/N-ethyl adjacent to an activating group) is 1. The summed E-state index contributed by atoms with van der Waals surface area (Å²) in [4.78, 5) is 51.7. The van der Waals surface area contributed by atoms with E-state index in [-0.39, 0.29) is 17.5 Å². The number of hydrogen-bond acceptors (Lipinski definition) is 6. The average Bonchev–Trinajstić information content (AvgIpc) is 3.47. The van der Waals surface area contributed by atoms with Crippen LogP contribution in [0.1, 0.15) is 43.1 Å². The highest BCUT2D eigenvalue weighted by molar-refractivity contribution is 5.78. The van der Waals surface area contributed by atoms with Gasteiger partial charge in [-0.25, -0.2) is 14.8 Å². The molecule has 0 bridgehead atoms. The van der Waals surface area contributed by atoms with Gasteiger partial charge in [-0.2, -0.15) is 0 Å². The van der Waals surface area contributed by atoms with Crippen LogP contribution in [0.2, 0.25) is 0 Å². The Balaban J connectivity index is 1.34. The molecule has 1 aliphatic carbocycles. The van der Waals surface area contributed by atoms with E-state index in [2.05, 4.69) is 15.0 Å². The Bertz CT molecular complexity index is 1580. The molecule has 11 heteroatoms. The molecule has 3 aromatic heterocycles. The van der Waals surface area contributed by atoms with E-state index in [0.717, 1.165) is 33.4 Å². The average molecular weight is 494 g/mol. The number of H-pyrrole nitrogens is 1. The van der Waals surface area contributed by atoms with Crippen LogP contribution in [0.4, 0.5) is 0 Å². The van der Waals surface area contributed by atoms with E-state index in [0.29, 0.717) is 31.3 Å². The summed E-state index contributed by atoms with van der Waals surface area (Å²) in [5, 5.41) is 11.3. The summed E-state index contributed by atoms with van der Waals surface area (Å²) in [6, 6.07) is 5.17. The van der Waals surface area contributed by atoms with Gasteiger partial charge < -0.3 is 19.6 Å². The zero-order valence-electron chi connectivity index (χ0n) is 20.9. The molecule has 5 rings (SSSR count). The Morgan fingerprint density at radius 1 is 1.22 bits per heavy atom. The number of carbonyl (C=O) groups is 1. The number of rotatable bonds is 5. The first-order valence-corrected chi connectivity index (χ1v) is 12.2. The molecule has 1 fully saturated rings. The van der Waals surface area contributed by atoms with Crippen LogP contribution in [0.3, 0.4) is 0 Å². The van der Waals surface area contributed by atoms with Crippen LogP contribution < -0.4 is 11.2 Å². The maximum atomic E-state index is 13.1. The zero-order chi connectivity index (χ0) is 25.7. The molecule has 36 heavy (non-hydrogen) atoms. The highest BCUT2D eigenvalue weighted by atomic mass is 16.3. The molecule has 1 aliphatic rings. The third-order valence-corrected chi connectivity index (χ3v) is 7.50. The van der Waals surface area contributed by atoms with Gasteiger partial charge in [0.05, 0.1) is 35.5 Å². The van der Waals surface area contributed by atoms with Gasteiger partial charge in [-0.3, -0.25) is 18.7 Å². The standard InChI is InChI=1S/C25H31N7O4/c1-14-27-16-10-8-15(12-17(16)28-14)9-11-20(33)29(2)18-6-5-7-19(22(18)34)32-13-26-21-23(32)30(3)25(36)31(4)24(21)35/h8,10,12-13,18-19,22,34H,5-7,9,11H2,1-4H3,(H,27,28)/t18-,19-,22-/m1/s1. The molecular formula is C25H31N7O4. The maximum Gasteiger partial charge on any atom is 0.332 e. The number of nitrogens with one attached hydrogen (secondary N) is 1. The van der Waals surface area contributed by atoms with Gasteiger partial charge >= 0.3 is 5.69 Å². The molecule has 2 N–H and O–H groups in total. The van der Waals surface area contributed by atoms with Crippen molar-refractivity contribution in [3.63, 3.8) is 0 Å². The number of aliphatic hydroxyl groups is 1. The minimum Gasteiger partial charge on any atom is -0.389 e. The van der Waals surface area contributed by atoms with E-state index in [4.69, 9.17) is 0 Å². The van der Waals surface area contributed by atoms with Crippen molar-refractivity contribution in [2.45, 2.75) is 57.2 Å². The van der Waals surface area contributed by atoms with E-state index in [9.17, 15) is 19.5 Å². The Labute approximate surface area is 207 Å². The Kier molecular flexibility index (Phi) is 6.03. The summed E-state index contributed by atoms with van der Waals surface area (Å²) in [5.74, 6) is 0.808. The summed E-state index contributed by atoms with van der Waals surface area (Å²) >= 11 is 0. The van der Waals surface area contributed by atoms with Crippen LogP contribution in [-0.4, -0.2) is 63.8 Å². The van der Waals surface area contributed by atoms with E-state index >= 15 is 0 Å². The third-order valence-electron chi connectivity index (χ3n) is 7.50. The number of hydrogen-bond donors (Lipinski definition) is 2. The van der Waals surface area contributed by atoms with Crippen molar-refractivity contribution < 1.29 is 9.90 Å². The molecule has 3 atom stereocenters. The van der Waals surface area contributed by atoms with E-state index in [1.807, 2.05) is 25.1 Å². The molecule has 1 amide bonds. The van der Waals surface area contributed by atoms with Crippen LogP contribution in [0.25, 0.3) is 22.2 Å². The number of amides is 1. The second-order valence-corrected chi connectivity index (χ2v) is 9.76. The first-order chi connectivity index (χ1) is 17.2. The molecule has 190 valence electrons. The summed E-state index contributed by atoms with van der Waals surface area (Å²) in [6.07, 6.45) is 3.66. The number of benzene rings is 1. The lowest BCUT2D eigenvalue weighted by atomic mass is 9.86. The van der Waals surface area contributed by atoms with Crippen molar-refractivity contribution in [1.82, 2.24) is 33.6 Å². The van der Waals surface area contributed by atoms with Gasteiger partial charge in [-0.15, -0.1) is 0 Å². The van der Waals surface area contributed by atoms with Crippen LogP contribution in [0.15, 0.2) is 34.1 Å². The first-order valence-electron chi connectivity index (χ1n) is 12.2. The van der Waals surface area contributed by atoms with Crippen molar-refractivity contribution in [3.8, 4) is 0 Å². The second-order valence-electron chi connectivity index (χ2n) is 9.76. The minimum atomic E-state index is -0.867. The predicted molar refractivity (Wildman–Crippen MR) is 135 cm³/mol. The van der Waals surface area contributed by atoms with Crippen molar-refractivity contribution in [1.29, 1.82) is 0 Å². The molecule has 1 saturated carbocycles. The zero-order valence-corrected chi connectivity index (χ0v) is 20.9. The molecule has 0 radical (unpaired) electrons. The normalized spacial score (nSPS) is 20.3. The number of aromatic amines is 1. The Morgan fingerprint density at radius 3 is 2.78 bits per heavy atom. The molecule has 3 heterocycles. The molecule has 0 spiro atoms. The van der Waals surface area contributed by atoms with Gasteiger partial charge in [0, 0.05) is 27.6 Å². The molecular weight excluding hydrogens is 462 g/mol. The lowest BCUT2D eigenvalue weighted by Crippen LogP contribution is -2.50. The number of aromatic nitrogens is 6. The highest BCUT2D eigenvalue weighted by Gasteiger charge is 2.37. The maximum absolute atomic E-state index is 13.1. The Morgan fingerprint density at radius 2 is 2.00 bits per heavy atom. The molecule has 4 aromatic rings.